The standard InChI is InChI=1S/C21H35NO3/c1-6-8-9-11-22-20(23)25-14-21-13-24-18(10-7-2)19(17(21)5)15(3)12-16(21)4/h7,10,12,16-19H,6,8-9,11,13-14H2,1-5H3,(H,22,23)/b10-7+/t16-,17+,18-,19-,21-/m0/s1. The first kappa shape index (κ1) is 20.0. The molecule has 2 rings (SSSR count). The number of carbonyl (C=O) groups is 1. The van der Waals surface area contributed by atoms with E-state index in [4.69, 9.17) is 9.47 Å². The zero-order valence-electron chi connectivity index (χ0n) is 16.5. The molecule has 0 radical (unpaired) electrons. The van der Waals surface area contributed by atoms with E-state index in [1.807, 2.05) is 6.92 Å². The van der Waals surface area contributed by atoms with Crippen LogP contribution in [-0.2, 0) is 9.47 Å². The Labute approximate surface area is 153 Å². The number of nitrogens with one attached hydrogen (secondary N) is 1. The van der Waals surface area contributed by atoms with Crippen molar-refractivity contribution in [3.8, 4) is 0 Å². The van der Waals surface area contributed by atoms with Crippen LogP contribution >= 0.6 is 0 Å². The summed E-state index contributed by atoms with van der Waals surface area (Å²) in [5.74, 6) is 1.10. The highest BCUT2D eigenvalue weighted by Gasteiger charge is 2.53. The Balaban J connectivity index is 2.02. The van der Waals surface area contributed by atoms with Gasteiger partial charge in [-0.2, -0.15) is 0 Å². The summed E-state index contributed by atoms with van der Waals surface area (Å²) in [6.07, 6.45) is 9.67. The van der Waals surface area contributed by atoms with E-state index in [0.29, 0.717) is 37.5 Å². The van der Waals surface area contributed by atoms with Gasteiger partial charge in [-0.15, -0.1) is 0 Å². The van der Waals surface area contributed by atoms with Crippen molar-refractivity contribution in [2.24, 2.45) is 23.2 Å². The fraction of sp³-hybridized carbons (Fsp3) is 0.762. The van der Waals surface area contributed by atoms with Gasteiger partial charge in [-0.25, -0.2) is 4.79 Å². The minimum atomic E-state index is -0.303. The lowest BCUT2D eigenvalue weighted by atomic mass is 9.56. The predicted molar refractivity (Wildman–Crippen MR) is 101 cm³/mol. The maximum atomic E-state index is 12.1. The number of allylic oxidation sites excluding steroid dienone is 2. The largest absolute Gasteiger partial charge is 0.449 e. The SMILES string of the molecule is C/C=C/[C@@H]1OC[C@@]2(COC(=O)NCCCCC)[C@H](C)[C@@H]1C(C)=C[C@@H]2C. The molecule has 0 aromatic rings. The van der Waals surface area contributed by atoms with Crippen molar-refractivity contribution in [1.29, 1.82) is 0 Å². The molecule has 1 N–H and O–H groups in total. The molecular formula is C21H35NO3. The summed E-state index contributed by atoms with van der Waals surface area (Å²) < 4.78 is 11.8. The van der Waals surface area contributed by atoms with Gasteiger partial charge in [0.2, 0.25) is 0 Å². The van der Waals surface area contributed by atoms with Crippen molar-refractivity contribution in [3.05, 3.63) is 23.8 Å². The van der Waals surface area contributed by atoms with Gasteiger partial charge in [0.25, 0.3) is 0 Å². The Hall–Kier alpha value is -1.29. The fourth-order valence-electron chi connectivity index (χ4n) is 4.49. The lowest BCUT2D eigenvalue weighted by molar-refractivity contribution is -0.149. The molecule has 1 aliphatic carbocycles. The average Bonchev–Trinajstić information content (AvgIpc) is 2.57. The first-order chi connectivity index (χ1) is 12.0. The first-order valence-corrected chi connectivity index (χ1v) is 9.79. The van der Waals surface area contributed by atoms with E-state index in [0.717, 1.165) is 19.3 Å². The van der Waals surface area contributed by atoms with Gasteiger partial charge in [0.15, 0.2) is 0 Å². The molecule has 2 aliphatic rings. The highest BCUT2D eigenvalue weighted by molar-refractivity contribution is 5.67. The maximum absolute atomic E-state index is 12.1. The first-order valence-electron chi connectivity index (χ1n) is 9.79. The molecule has 0 aromatic carbocycles. The molecule has 1 heterocycles. The van der Waals surface area contributed by atoms with Crippen LogP contribution in [0.2, 0.25) is 0 Å². The Morgan fingerprint density at radius 2 is 2.20 bits per heavy atom. The van der Waals surface area contributed by atoms with Crippen molar-refractivity contribution < 1.29 is 14.3 Å². The van der Waals surface area contributed by atoms with Crippen LogP contribution in [0.25, 0.3) is 0 Å². The lowest BCUT2D eigenvalue weighted by Gasteiger charge is -2.54. The predicted octanol–water partition coefficient (Wildman–Crippen LogP) is 4.71. The van der Waals surface area contributed by atoms with Crippen LogP contribution in [0.3, 0.4) is 0 Å². The van der Waals surface area contributed by atoms with Gasteiger partial charge in [-0.3, -0.25) is 0 Å². The number of unbranched alkanes of at least 4 members (excludes halogenated alkanes) is 2. The van der Waals surface area contributed by atoms with Gasteiger partial charge in [-0.1, -0.05) is 57.4 Å². The second-order valence-corrected chi connectivity index (χ2v) is 7.76. The maximum Gasteiger partial charge on any atom is 0.407 e. The molecule has 4 heteroatoms. The number of hydrogen-bond acceptors (Lipinski definition) is 3. The molecule has 1 amide bonds. The fourth-order valence-corrected chi connectivity index (χ4v) is 4.49. The molecule has 1 aliphatic heterocycles. The number of ether oxygens (including phenoxy) is 2. The summed E-state index contributed by atoms with van der Waals surface area (Å²) in [6, 6.07) is 0. The van der Waals surface area contributed by atoms with Gasteiger partial charge < -0.3 is 14.8 Å². The summed E-state index contributed by atoms with van der Waals surface area (Å²) in [7, 11) is 0. The highest BCUT2D eigenvalue weighted by Crippen LogP contribution is 2.52. The lowest BCUT2D eigenvalue weighted by Crippen LogP contribution is -2.56. The molecule has 0 unspecified atom stereocenters. The molecule has 142 valence electrons. The van der Waals surface area contributed by atoms with E-state index in [1.54, 1.807) is 0 Å². The van der Waals surface area contributed by atoms with Crippen molar-refractivity contribution in [1.82, 2.24) is 5.32 Å². The monoisotopic (exact) mass is 349 g/mol. The topological polar surface area (TPSA) is 47.6 Å². The van der Waals surface area contributed by atoms with Crippen LogP contribution in [0.15, 0.2) is 23.8 Å². The molecular weight excluding hydrogens is 314 g/mol. The van der Waals surface area contributed by atoms with Crippen molar-refractivity contribution >= 4 is 6.09 Å². The number of amides is 1. The second-order valence-electron chi connectivity index (χ2n) is 7.76. The van der Waals surface area contributed by atoms with Crippen LogP contribution in [0.4, 0.5) is 4.79 Å². The molecule has 0 saturated carbocycles. The smallest absolute Gasteiger partial charge is 0.407 e. The van der Waals surface area contributed by atoms with Gasteiger partial charge in [0.05, 0.1) is 12.7 Å². The van der Waals surface area contributed by atoms with Crippen LogP contribution in [0, 0.1) is 23.2 Å². The highest BCUT2D eigenvalue weighted by atomic mass is 16.6. The van der Waals surface area contributed by atoms with Gasteiger partial charge in [-0.05, 0) is 32.1 Å². The number of fused-ring (bicyclic) bond motifs is 2. The van der Waals surface area contributed by atoms with E-state index in [-0.39, 0.29) is 17.6 Å². The van der Waals surface area contributed by atoms with E-state index >= 15 is 0 Å². The second kappa shape index (κ2) is 8.88. The van der Waals surface area contributed by atoms with E-state index in [2.05, 4.69) is 51.2 Å². The Kier molecular flexibility index (Phi) is 7.12. The molecule has 1 fully saturated rings. The van der Waals surface area contributed by atoms with Gasteiger partial charge >= 0.3 is 6.09 Å². The van der Waals surface area contributed by atoms with Crippen LogP contribution in [0.1, 0.15) is 53.9 Å². The molecule has 5 atom stereocenters. The molecule has 0 aromatic heterocycles. The molecule has 25 heavy (non-hydrogen) atoms. The normalized spacial score (nSPS) is 34.7. The number of hydrogen-bond donors (Lipinski definition) is 1. The molecule has 1 saturated heterocycles. The summed E-state index contributed by atoms with van der Waals surface area (Å²) in [6.45, 7) is 12.6. The zero-order valence-corrected chi connectivity index (χ0v) is 16.5. The van der Waals surface area contributed by atoms with Gasteiger partial charge in [0.1, 0.15) is 6.61 Å². The minimum absolute atomic E-state index is 0.125. The van der Waals surface area contributed by atoms with Crippen LogP contribution in [0.5, 0.6) is 0 Å². The summed E-state index contributed by atoms with van der Waals surface area (Å²) in [4.78, 5) is 12.1. The van der Waals surface area contributed by atoms with Crippen molar-refractivity contribution in [3.63, 3.8) is 0 Å². The Morgan fingerprint density at radius 3 is 2.88 bits per heavy atom. The number of alkyl carbamates (subject to hydrolysis) is 1. The molecule has 4 nitrogen and oxygen atoms in total. The third-order valence-electron chi connectivity index (χ3n) is 6.19. The number of carbonyl (C=O) groups excluding carboxylic acids is 1. The Bertz CT molecular complexity index is 513. The Morgan fingerprint density at radius 1 is 1.44 bits per heavy atom. The average molecular weight is 350 g/mol. The van der Waals surface area contributed by atoms with Crippen LogP contribution in [-0.4, -0.2) is 32.0 Å². The van der Waals surface area contributed by atoms with Crippen LogP contribution < -0.4 is 5.32 Å². The molecule has 2 bridgehead atoms. The van der Waals surface area contributed by atoms with E-state index in [1.165, 1.54) is 5.57 Å². The van der Waals surface area contributed by atoms with E-state index in [9.17, 15) is 4.79 Å². The van der Waals surface area contributed by atoms with Gasteiger partial charge in [0, 0.05) is 17.9 Å². The number of rotatable bonds is 7. The quantitative estimate of drug-likeness (QED) is 0.535. The van der Waals surface area contributed by atoms with Crippen molar-refractivity contribution in [2.75, 3.05) is 19.8 Å². The van der Waals surface area contributed by atoms with E-state index < -0.39 is 0 Å². The summed E-state index contributed by atoms with van der Waals surface area (Å²) in [5.41, 5.74) is 1.26. The third-order valence-corrected chi connectivity index (χ3v) is 6.19. The zero-order chi connectivity index (χ0) is 18.4. The third kappa shape index (κ3) is 4.28. The minimum Gasteiger partial charge on any atom is -0.449 e. The summed E-state index contributed by atoms with van der Waals surface area (Å²) >= 11 is 0. The van der Waals surface area contributed by atoms with Crippen molar-refractivity contribution in [2.45, 2.75) is 60.0 Å². The molecule has 0 spiro atoms. The summed E-state index contributed by atoms with van der Waals surface area (Å²) in [5, 5.41) is 2.87.